The molecule has 7 rings (SSSR count). The van der Waals surface area contributed by atoms with Gasteiger partial charge in [0.2, 0.25) is 0 Å². The van der Waals surface area contributed by atoms with Gasteiger partial charge >= 0.3 is 7.05 Å². The second kappa shape index (κ2) is 5.83. The summed E-state index contributed by atoms with van der Waals surface area (Å²) < 4.78 is 0. The van der Waals surface area contributed by atoms with Gasteiger partial charge in [0.05, 0.1) is 11.3 Å². The monoisotopic (exact) mass is 378 g/mol. The second-order valence-corrected chi connectivity index (χ2v) is 9.57. The molecule has 5 aliphatic rings. The van der Waals surface area contributed by atoms with Gasteiger partial charge in [0.25, 0.3) is 0 Å². The highest BCUT2D eigenvalue weighted by Crippen LogP contribution is 2.59. The number of aliphatic hydroxyl groups is 1. The third-order valence-electron chi connectivity index (χ3n) is 7.68. The average Bonchev–Trinajstić information content (AvgIpc) is 3.12. The van der Waals surface area contributed by atoms with Crippen LogP contribution in [0.3, 0.4) is 0 Å². The number of aromatic amines is 1. The number of pyridine rings is 1. The largest absolute Gasteiger partial charge is 0.468 e. The van der Waals surface area contributed by atoms with Gasteiger partial charge in [-0.05, 0) is 62.3 Å². The Morgan fingerprint density at radius 1 is 1.29 bits per heavy atom. The normalized spacial score (nSPS) is 36.2. The number of nitrogens with one attached hydrogen (secondary N) is 1. The molecule has 0 aromatic carbocycles. The maximum Gasteiger partial charge on any atom is 0.468 e. The van der Waals surface area contributed by atoms with Crippen LogP contribution in [0.2, 0.25) is 0 Å². The lowest BCUT2D eigenvalue weighted by atomic mass is 9.48. The van der Waals surface area contributed by atoms with Crippen molar-refractivity contribution >= 4 is 29.3 Å². The summed E-state index contributed by atoms with van der Waals surface area (Å²) in [5, 5.41) is 28.1. The van der Waals surface area contributed by atoms with E-state index in [0.717, 1.165) is 60.0 Å². The summed E-state index contributed by atoms with van der Waals surface area (Å²) in [5.41, 5.74) is 3.48. The Labute approximate surface area is 165 Å². The lowest BCUT2D eigenvalue weighted by molar-refractivity contribution is -0.138. The van der Waals surface area contributed by atoms with E-state index in [4.69, 9.17) is 5.10 Å². The van der Waals surface area contributed by atoms with Gasteiger partial charge in [-0.25, -0.2) is 4.98 Å². The molecule has 0 saturated heterocycles. The van der Waals surface area contributed by atoms with Crippen LogP contribution in [0.25, 0.3) is 11.0 Å². The van der Waals surface area contributed by atoms with Gasteiger partial charge in [-0.3, -0.25) is 0 Å². The maximum atomic E-state index is 11.0. The molecule has 2 atom stereocenters. The lowest BCUT2D eigenvalue weighted by Gasteiger charge is -2.58. The van der Waals surface area contributed by atoms with Crippen LogP contribution in [0.4, 0.5) is 0 Å². The van der Waals surface area contributed by atoms with E-state index in [2.05, 4.69) is 23.0 Å². The number of hydrogen-bond donors (Lipinski definition) is 3. The number of H-pyrrole nitrogens is 1. The van der Waals surface area contributed by atoms with Crippen molar-refractivity contribution in [2.24, 2.45) is 28.8 Å². The fourth-order valence-corrected chi connectivity index (χ4v) is 6.97. The third kappa shape index (κ3) is 2.29. The standard InChI is InChI=1S/C21H27BN4O2/c1-2-5-26-22(28)16-11-24-20-15(3-4-23-20)18(16)19(25-26)17-13-6-12-7-14(17)10-21(27,8-12)9-13/h3-4,11-14,17,27-28H,2,5-10H2,1H3,(H,23,24). The van der Waals surface area contributed by atoms with Crippen LogP contribution in [0, 0.1) is 23.7 Å². The zero-order valence-electron chi connectivity index (χ0n) is 16.3. The zero-order valence-corrected chi connectivity index (χ0v) is 16.3. The topological polar surface area (TPSA) is 84.7 Å². The number of nitrogens with zero attached hydrogens (tertiary/aromatic N) is 3. The summed E-state index contributed by atoms with van der Waals surface area (Å²) in [7, 11) is -0.744. The first-order valence-corrected chi connectivity index (χ1v) is 10.8. The van der Waals surface area contributed by atoms with E-state index in [-0.39, 0.29) is 0 Å². The minimum Gasteiger partial charge on any atom is -0.428 e. The predicted octanol–water partition coefficient (Wildman–Crippen LogP) is 1.87. The van der Waals surface area contributed by atoms with Gasteiger partial charge in [0, 0.05) is 41.3 Å². The number of hydrazone groups is 1. The number of rotatable bonds is 3. The average molecular weight is 378 g/mol. The van der Waals surface area contributed by atoms with Gasteiger partial charge in [-0.1, -0.05) is 6.92 Å². The summed E-state index contributed by atoms with van der Waals surface area (Å²) in [5.74, 6) is 2.01. The first-order chi connectivity index (χ1) is 13.6. The molecule has 6 nitrogen and oxygen atoms in total. The number of aromatic nitrogens is 2. The molecule has 3 heterocycles. The molecular formula is C21H27BN4O2. The molecule has 0 amide bonds. The molecule has 7 heteroatoms. The van der Waals surface area contributed by atoms with Crippen molar-refractivity contribution < 1.29 is 10.1 Å². The Morgan fingerprint density at radius 3 is 2.79 bits per heavy atom. The van der Waals surface area contributed by atoms with Crippen LogP contribution in [-0.4, -0.2) is 49.9 Å². The molecular weight excluding hydrogens is 351 g/mol. The van der Waals surface area contributed by atoms with Crippen LogP contribution in [0.15, 0.2) is 23.6 Å². The van der Waals surface area contributed by atoms with Crippen LogP contribution in [0.5, 0.6) is 0 Å². The van der Waals surface area contributed by atoms with Gasteiger partial charge in [-0.2, -0.15) is 5.10 Å². The number of hydrogen-bond acceptors (Lipinski definition) is 5. The van der Waals surface area contributed by atoms with E-state index in [1.807, 2.05) is 17.3 Å². The molecule has 146 valence electrons. The SMILES string of the molecule is CCCN1N=C(C2C3CC4CC2CC(O)(C4)C3)c2c(cnc3[nH]ccc23)B1O. The smallest absolute Gasteiger partial charge is 0.428 e. The van der Waals surface area contributed by atoms with Gasteiger partial charge < -0.3 is 20.0 Å². The molecule has 3 N–H and O–H groups in total. The van der Waals surface area contributed by atoms with Crippen molar-refractivity contribution in [3.05, 3.63) is 24.0 Å². The molecule has 2 aromatic rings. The molecule has 2 aromatic heterocycles. The van der Waals surface area contributed by atoms with Crippen molar-refractivity contribution in [1.29, 1.82) is 0 Å². The molecule has 1 aliphatic heterocycles. The van der Waals surface area contributed by atoms with E-state index < -0.39 is 12.7 Å². The van der Waals surface area contributed by atoms with Crippen molar-refractivity contribution in [2.75, 3.05) is 6.54 Å². The van der Waals surface area contributed by atoms with Crippen molar-refractivity contribution in [3.63, 3.8) is 0 Å². The predicted molar refractivity (Wildman–Crippen MR) is 109 cm³/mol. The molecule has 2 unspecified atom stereocenters. The van der Waals surface area contributed by atoms with Crippen molar-refractivity contribution in [2.45, 2.75) is 51.0 Å². The van der Waals surface area contributed by atoms with Crippen molar-refractivity contribution in [3.8, 4) is 0 Å². The molecule has 4 bridgehead atoms. The zero-order chi connectivity index (χ0) is 19.0. The summed E-state index contributed by atoms with van der Waals surface area (Å²) >= 11 is 0. The van der Waals surface area contributed by atoms with Crippen LogP contribution < -0.4 is 5.46 Å². The molecule has 4 saturated carbocycles. The Hall–Kier alpha value is -1.86. The first-order valence-electron chi connectivity index (χ1n) is 10.8. The highest BCUT2D eigenvalue weighted by molar-refractivity contribution is 6.66. The Bertz CT molecular complexity index is 956. The van der Waals surface area contributed by atoms with Crippen LogP contribution in [0.1, 0.15) is 51.0 Å². The van der Waals surface area contributed by atoms with E-state index >= 15 is 0 Å². The quantitative estimate of drug-likeness (QED) is 0.712. The number of fused-ring (bicyclic) bond motifs is 3. The van der Waals surface area contributed by atoms with Crippen molar-refractivity contribution in [1.82, 2.24) is 14.9 Å². The lowest BCUT2D eigenvalue weighted by Crippen LogP contribution is -2.59. The fraction of sp³-hybridized carbons (Fsp3) is 0.619. The van der Waals surface area contributed by atoms with Crippen LogP contribution in [-0.2, 0) is 0 Å². The highest BCUT2D eigenvalue weighted by atomic mass is 16.3. The summed E-state index contributed by atoms with van der Waals surface area (Å²) in [6.45, 7) is 2.84. The van der Waals surface area contributed by atoms with Crippen LogP contribution >= 0.6 is 0 Å². The summed E-state index contributed by atoms with van der Waals surface area (Å²) in [4.78, 5) is 9.60. The van der Waals surface area contributed by atoms with E-state index in [9.17, 15) is 10.1 Å². The molecule has 4 fully saturated rings. The molecule has 0 spiro atoms. The first kappa shape index (κ1) is 17.0. The minimum atomic E-state index is -0.744. The Morgan fingerprint density at radius 2 is 2.07 bits per heavy atom. The Kier molecular flexibility index (Phi) is 3.55. The fourth-order valence-electron chi connectivity index (χ4n) is 6.97. The summed E-state index contributed by atoms with van der Waals surface area (Å²) in [6, 6.07) is 2.06. The highest BCUT2D eigenvalue weighted by Gasteiger charge is 2.57. The summed E-state index contributed by atoms with van der Waals surface area (Å²) in [6.07, 6.45) is 9.86. The van der Waals surface area contributed by atoms with Gasteiger partial charge in [0.1, 0.15) is 5.65 Å². The minimum absolute atomic E-state index is 0.364. The third-order valence-corrected chi connectivity index (χ3v) is 7.68. The molecule has 0 radical (unpaired) electrons. The maximum absolute atomic E-state index is 11.0. The van der Waals surface area contributed by atoms with Gasteiger partial charge in [0.15, 0.2) is 0 Å². The molecule has 28 heavy (non-hydrogen) atoms. The van der Waals surface area contributed by atoms with Gasteiger partial charge in [-0.15, -0.1) is 0 Å². The van der Waals surface area contributed by atoms with E-state index in [0.29, 0.717) is 23.7 Å². The van der Waals surface area contributed by atoms with E-state index in [1.54, 1.807) is 0 Å². The van der Waals surface area contributed by atoms with E-state index in [1.165, 1.54) is 12.8 Å². The Balaban J connectivity index is 1.52. The molecule has 4 aliphatic carbocycles. The second-order valence-electron chi connectivity index (χ2n) is 9.57.